The number of hydrogen-bond donors (Lipinski definition) is 2. The van der Waals surface area contributed by atoms with Crippen LogP contribution in [0.5, 0.6) is 5.75 Å². The number of benzene rings is 2. The molecule has 4 nitrogen and oxygen atoms in total. The van der Waals surface area contributed by atoms with E-state index in [1.54, 1.807) is 6.07 Å². The van der Waals surface area contributed by atoms with Gasteiger partial charge in [0.15, 0.2) is 0 Å². The third kappa shape index (κ3) is 3.87. The summed E-state index contributed by atoms with van der Waals surface area (Å²) in [5.41, 5.74) is 1.52. The van der Waals surface area contributed by atoms with Gasteiger partial charge >= 0.3 is 0 Å². The van der Waals surface area contributed by atoms with Crippen molar-refractivity contribution in [1.29, 1.82) is 0 Å². The van der Waals surface area contributed by atoms with Gasteiger partial charge in [-0.2, -0.15) is 0 Å². The van der Waals surface area contributed by atoms with Gasteiger partial charge in [-0.15, -0.1) is 0 Å². The average Bonchev–Trinajstić information content (AvgIpc) is 2.96. The fraction of sp³-hybridized carbons (Fsp3) is 0.278. The smallest absolute Gasteiger partial charge is 0.223 e. The number of ether oxygens (including phenoxy) is 1. The fourth-order valence-electron chi connectivity index (χ4n) is 2.67. The predicted molar refractivity (Wildman–Crippen MR) is 83.5 cm³/mol. The third-order valence-electron chi connectivity index (χ3n) is 3.85. The van der Waals surface area contributed by atoms with Gasteiger partial charge in [0.05, 0.1) is 19.1 Å². The van der Waals surface area contributed by atoms with Crippen molar-refractivity contribution in [2.45, 2.75) is 25.0 Å². The molecule has 2 aromatic carbocycles. The van der Waals surface area contributed by atoms with E-state index < -0.39 is 11.9 Å². The summed E-state index contributed by atoms with van der Waals surface area (Å²) in [6, 6.07) is 13.4. The Hall–Kier alpha value is -2.40. The van der Waals surface area contributed by atoms with Crippen LogP contribution in [0.15, 0.2) is 48.5 Å². The topological polar surface area (TPSA) is 58.6 Å². The second-order valence-corrected chi connectivity index (χ2v) is 5.63. The van der Waals surface area contributed by atoms with Gasteiger partial charge in [0.1, 0.15) is 17.7 Å². The van der Waals surface area contributed by atoms with Crippen molar-refractivity contribution >= 4 is 5.91 Å². The van der Waals surface area contributed by atoms with Gasteiger partial charge < -0.3 is 15.2 Å². The van der Waals surface area contributed by atoms with E-state index in [1.807, 2.05) is 24.3 Å². The van der Waals surface area contributed by atoms with E-state index in [9.17, 15) is 14.3 Å². The second-order valence-electron chi connectivity index (χ2n) is 5.63. The van der Waals surface area contributed by atoms with Crippen molar-refractivity contribution in [1.82, 2.24) is 5.32 Å². The number of rotatable bonds is 5. The summed E-state index contributed by atoms with van der Waals surface area (Å²) in [4.78, 5) is 11.9. The molecule has 0 bridgehead atoms. The highest BCUT2D eigenvalue weighted by molar-refractivity contribution is 5.76. The normalized spacial score (nSPS) is 17.2. The first-order chi connectivity index (χ1) is 11.1. The number of nitrogens with one attached hydrogen (secondary N) is 1. The molecule has 3 rings (SSSR count). The van der Waals surface area contributed by atoms with Crippen molar-refractivity contribution in [3.05, 3.63) is 65.5 Å². The quantitative estimate of drug-likeness (QED) is 0.890. The number of carbonyl (C=O) groups excluding carboxylic acids is 1. The molecule has 0 saturated carbocycles. The number of hydrogen-bond acceptors (Lipinski definition) is 3. The standard InChI is InChI=1S/C18H18FNO3/c19-14-6-3-5-12(8-14)16(21)10-18(22)20-11-15-9-13-4-1-2-7-17(13)23-15/h1-8,15-16,21H,9-11H2,(H,20,22). The molecule has 120 valence electrons. The minimum atomic E-state index is -1.02. The molecule has 0 spiro atoms. The fourth-order valence-corrected chi connectivity index (χ4v) is 2.67. The monoisotopic (exact) mass is 315 g/mol. The van der Waals surface area contributed by atoms with Crippen LogP contribution in [0.1, 0.15) is 23.7 Å². The van der Waals surface area contributed by atoms with Crippen LogP contribution < -0.4 is 10.1 Å². The number of amides is 1. The number of carbonyl (C=O) groups is 1. The van der Waals surface area contributed by atoms with Gasteiger partial charge in [-0.1, -0.05) is 30.3 Å². The highest BCUT2D eigenvalue weighted by Gasteiger charge is 2.23. The molecule has 2 atom stereocenters. The maximum absolute atomic E-state index is 13.1. The first-order valence-corrected chi connectivity index (χ1v) is 7.56. The zero-order valence-electron chi connectivity index (χ0n) is 12.5. The van der Waals surface area contributed by atoms with E-state index in [1.165, 1.54) is 18.2 Å². The number of aliphatic hydroxyl groups is 1. The van der Waals surface area contributed by atoms with Crippen LogP contribution in [0, 0.1) is 5.82 Å². The Kier molecular flexibility index (Phi) is 4.57. The van der Waals surface area contributed by atoms with Crippen LogP contribution in [-0.4, -0.2) is 23.7 Å². The molecular formula is C18H18FNO3. The molecular weight excluding hydrogens is 297 g/mol. The molecule has 1 aliphatic heterocycles. The molecule has 23 heavy (non-hydrogen) atoms. The van der Waals surface area contributed by atoms with Crippen molar-refractivity contribution in [2.75, 3.05) is 6.54 Å². The molecule has 2 N–H and O–H groups in total. The van der Waals surface area contributed by atoms with Crippen molar-refractivity contribution in [2.24, 2.45) is 0 Å². The molecule has 1 aliphatic rings. The largest absolute Gasteiger partial charge is 0.488 e. The minimum Gasteiger partial charge on any atom is -0.488 e. The van der Waals surface area contributed by atoms with Crippen LogP contribution in [-0.2, 0) is 11.2 Å². The molecule has 1 heterocycles. The lowest BCUT2D eigenvalue weighted by molar-refractivity contribution is -0.123. The highest BCUT2D eigenvalue weighted by atomic mass is 19.1. The van der Waals surface area contributed by atoms with E-state index in [-0.39, 0.29) is 18.4 Å². The summed E-state index contributed by atoms with van der Waals surface area (Å²) in [7, 11) is 0. The van der Waals surface area contributed by atoms with E-state index in [0.717, 1.165) is 17.7 Å². The third-order valence-corrected chi connectivity index (χ3v) is 3.85. The maximum Gasteiger partial charge on any atom is 0.223 e. The summed E-state index contributed by atoms with van der Waals surface area (Å²) in [6.45, 7) is 0.378. The molecule has 0 fully saturated rings. The summed E-state index contributed by atoms with van der Waals surface area (Å²) in [5, 5.41) is 12.7. The number of halogens is 1. The number of para-hydroxylation sites is 1. The van der Waals surface area contributed by atoms with Crippen LogP contribution in [0.4, 0.5) is 4.39 Å². The molecule has 5 heteroatoms. The average molecular weight is 315 g/mol. The van der Waals surface area contributed by atoms with Gasteiger partial charge in [-0.25, -0.2) is 4.39 Å². The zero-order chi connectivity index (χ0) is 16.2. The Morgan fingerprint density at radius 2 is 2.13 bits per heavy atom. The van der Waals surface area contributed by atoms with Crippen molar-refractivity contribution in [3.63, 3.8) is 0 Å². The molecule has 2 aromatic rings. The van der Waals surface area contributed by atoms with Crippen LogP contribution in [0.25, 0.3) is 0 Å². The van der Waals surface area contributed by atoms with Crippen molar-refractivity contribution < 1.29 is 19.0 Å². The van der Waals surface area contributed by atoms with Crippen LogP contribution >= 0.6 is 0 Å². The van der Waals surface area contributed by atoms with Gasteiger partial charge in [-0.05, 0) is 29.3 Å². The lowest BCUT2D eigenvalue weighted by Gasteiger charge is -2.14. The minimum absolute atomic E-state index is 0.0948. The van der Waals surface area contributed by atoms with E-state index in [0.29, 0.717) is 12.1 Å². The molecule has 2 unspecified atom stereocenters. The molecule has 0 radical (unpaired) electrons. The molecule has 0 aromatic heterocycles. The molecule has 0 saturated heterocycles. The second kappa shape index (κ2) is 6.79. The lowest BCUT2D eigenvalue weighted by atomic mass is 10.1. The zero-order valence-corrected chi connectivity index (χ0v) is 12.5. The lowest BCUT2D eigenvalue weighted by Crippen LogP contribution is -2.35. The van der Waals surface area contributed by atoms with Crippen LogP contribution in [0.2, 0.25) is 0 Å². The maximum atomic E-state index is 13.1. The molecule has 0 aliphatic carbocycles. The number of aliphatic hydroxyl groups excluding tert-OH is 1. The van der Waals surface area contributed by atoms with Gasteiger partial charge in [-0.3, -0.25) is 4.79 Å². The highest BCUT2D eigenvalue weighted by Crippen LogP contribution is 2.27. The first kappa shape index (κ1) is 15.5. The summed E-state index contributed by atoms with van der Waals surface area (Å²) < 4.78 is 18.9. The molecule has 1 amide bonds. The number of fused-ring (bicyclic) bond motifs is 1. The summed E-state index contributed by atoms with van der Waals surface area (Å²) in [5.74, 6) is 0.131. The van der Waals surface area contributed by atoms with Gasteiger partial charge in [0.2, 0.25) is 5.91 Å². The van der Waals surface area contributed by atoms with Gasteiger partial charge in [0, 0.05) is 6.42 Å². The van der Waals surface area contributed by atoms with Crippen LogP contribution in [0.3, 0.4) is 0 Å². The van der Waals surface area contributed by atoms with E-state index in [2.05, 4.69) is 5.32 Å². The first-order valence-electron chi connectivity index (χ1n) is 7.56. The van der Waals surface area contributed by atoms with E-state index in [4.69, 9.17) is 4.74 Å². The Morgan fingerprint density at radius 3 is 2.91 bits per heavy atom. The van der Waals surface area contributed by atoms with Crippen molar-refractivity contribution in [3.8, 4) is 5.75 Å². The SMILES string of the molecule is O=C(CC(O)c1cccc(F)c1)NCC1Cc2ccccc2O1. The summed E-state index contributed by atoms with van der Waals surface area (Å²) >= 11 is 0. The van der Waals surface area contributed by atoms with Gasteiger partial charge in [0.25, 0.3) is 0 Å². The Bertz CT molecular complexity index is 679. The Balaban J connectivity index is 1.47. The Morgan fingerprint density at radius 1 is 1.30 bits per heavy atom. The summed E-state index contributed by atoms with van der Waals surface area (Å²) in [6.07, 6.45) is -0.471. The van der Waals surface area contributed by atoms with E-state index >= 15 is 0 Å². The predicted octanol–water partition coefficient (Wildman–Crippen LogP) is 2.37. The Labute approximate surface area is 133 Å².